The van der Waals surface area contributed by atoms with Gasteiger partial charge in [0.25, 0.3) is 5.91 Å². The maximum Gasteiger partial charge on any atom is 0.261 e. The van der Waals surface area contributed by atoms with E-state index in [4.69, 9.17) is 0 Å². The lowest BCUT2D eigenvalue weighted by Gasteiger charge is -2.41. The average molecular weight is 363 g/mol. The molecule has 0 bridgehead atoms. The number of fused-ring (bicyclic) bond motifs is 1. The normalized spacial score (nSPS) is 22.8. The minimum absolute atomic E-state index is 0.00505. The van der Waals surface area contributed by atoms with Gasteiger partial charge in [-0.2, -0.15) is 0 Å². The third-order valence-electron chi connectivity index (χ3n) is 5.24. The number of piperidine rings is 1. The number of amides is 3. The summed E-state index contributed by atoms with van der Waals surface area (Å²) in [4.78, 5) is 38.4. The number of hydrogen-bond donors (Lipinski definition) is 2. The van der Waals surface area contributed by atoms with Crippen LogP contribution in [0.2, 0.25) is 0 Å². The van der Waals surface area contributed by atoms with Crippen molar-refractivity contribution < 1.29 is 14.4 Å². The molecule has 6 nitrogen and oxygen atoms in total. The Labute approximate surface area is 152 Å². The zero-order valence-electron chi connectivity index (χ0n) is 14.3. The predicted octanol–water partition coefficient (Wildman–Crippen LogP) is 1.63. The van der Waals surface area contributed by atoms with Gasteiger partial charge in [-0.1, -0.05) is 25.3 Å². The van der Waals surface area contributed by atoms with Crippen LogP contribution < -0.4 is 10.6 Å². The molecular formula is C18H25N3O3S. The van der Waals surface area contributed by atoms with Gasteiger partial charge in [0, 0.05) is 13.1 Å². The number of nitrogens with one attached hydrogen (secondary N) is 2. The van der Waals surface area contributed by atoms with E-state index >= 15 is 0 Å². The molecule has 2 N–H and O–H groups in total. The van der Waals surface area contributed by atoms with E-state index in [0.717, 1.165) is 25.4 Å². The van der Waals surface area contributed by atoms with Gasteiger partial charge in [-0.3, -0.25) is 14.4 Å². The topological polar surface area (TPSA) is 78.5 Å². The Balaban J connectivity index is 1.37. The van der Waals surface area contributed by atoms with Crippen molar-refractivity contribution in [3.05, 3.63) is 22.4 Å². The summed E-state index contributed by atoms with van der Waals surface area (Å²) < 4.78 is 0. The second-order valence-corrected chi connectivity index (χ2v) is 7.82. The summed E-state index contributed by atoms with van der Waals surface area (Å²) in [7, 11) is 0. The second-order valence-electron chi connectivity index (χ2n) is 6.87. The number of thiophene rings is 1. The fourth-order valence-electron chi connectivity index (χ4n) is 3.83. The van der Waals surface area contributed by atoms with E-state index in [2.05, 4.69) is 10.6 Å². The van der Waals surface area contributed by atoms with Crippen LogP contribution in [0.3, 0.4) is 0 Å². The van der Waals surface area contributed by atoms with Crippen LogP contribution in [0.25, 0.3) is 0 Å². The third kappa shape index (κ3) is 4.81. The van der Waals surface area contributed by atoms with E-state index in [1.807, 2.05) is 10.3 Å². The van der Waals surface area contributed by atoms with E-state index in [1.165, 1.54) is 37.0 Å². The summed E-state index contributed by atoms with van der Waals surface area (Å²) in [5.74, 6) is 0.774. The van der Waals surface area contributed by atoms with Crippen LogP contribution in [0.1, 0.15) is 41.8 Å². The molecule has 2 aliphatic rings. The number of hydrogen-bond acceptors (Lipinski definition) is 4. The van der Waals surface area contributed by atoms with Crippen molar-refractivity contribution in [1.82, 2.24) is 15.5 Å². The van der Waals surface area contributed by atoms with Crippen LogP contribution in [0.4, 0.5) is 0 Å². The van der Waals surface area contributed by atoms with Gasteiger partial charge in [0.1, 0.15) is 0 Å². The molecule has 2 atom stereocenters. The van der Waals surface area contributed by atoms with Gasteiger partial charge in [-0.25, -0.2) is 0 Å². The molecule has 1 aliphatic heterocycles. The van der Waals surface area contributed by atoms with E-state index in [1.54, 1.807) is 12.1 Å². The Morgan fingerprint density at radius 1 is 1.08 bits per heavy atom. The highest BCUT2D eigenvalue weighted by atomic mass is 32.1. The maximum atomic E-state index is 12.3. The lowest BCUT2D eigenvalue weighted by molar-refractivity contribution is -0.135. The predicted molar refractivity (Wildman–Crippen MR) is 96.3 cm³/mol. The summed E-state index contributed by atoms with van der Waals surface area (Å²) in [5, 5.41) is 6.98. The standard InChI is InChI=1S/C18H25N3O3S/c22-16(10-20-18(24)15-6-3-9-25-15)19-11-17(23)21-8-7-13-4-1-2-5-14(13)12-21/h3,6,9,13-14H,1-2,4-5,7-8,10-12H2,(H,19,22)(H,20,24)/t13-,14-/m1/s1. The summed E-state index contributed by atoms with van der Waals surface area (Å²) in [6, 6.07) is 3.49. The molecule has 1 saturated carbocycles. The zero-order valence-corrected chi connectivity index (χ0v) is 15.1. The monoisotopic (exact) mass is 363 g/mol. The van der Waals surface area contributed by atoms with Crippen LogP contribution in [0.15, 0.2) is 17.5 Å². The molecule has 0 spiro atoms. The zero-order chi connectivity index (χ0) is 17.6. The van der Waals surface area contributed by atoms with Crippen molar-refractivity contribution in [2.24, 2.45) is 11.8 Å². The van der Waals surface area contributed by atoms with Gasteiger partial charge in [-0.05, 0) is 36.1 Å². The first-order valence-electron chi connectivity index (χ1n) is 8.99. The second kappa shape index (κ2) is 8.47. The number of likely N-dealkylation sites (tertiary alicyclic amines) is 1. The van der Waals surface area contributed by atoms with Crippen molar-refractivity contribution in [2.75, 3.05) is 26.2 Å². The quantitative estimate of drug-likeness (QED) is 0.835. The van der Waals surface area contributed by atoms with Crippen molar-refractivity contribution >= 4 is 29.1 Å². The Hall–Kier alpha value is -1.89. The Bertz CT molecular complexity index is 617. The Morgan fingerprint density at radius 2 is 1.88 bits per heavy atom. The lowest BCUT2D eigenvalue weighted by Crippen LogP contribution is -2.49. The molecular weight excluding hydrogens is 338 g/mol. The highest BCUT2D eigenvalue weighted by Gasteiger charge is 2.32. The molecule has 0 unspecified atom stereocenters. The summed E-state index contributed by atoms with van der Waals surface area (Å²) in [6.45, 7) is 1.51. The first-order chi connectivity index (χ1) is 12.1. The number of rotatable bonds is 5. The fraction of sp³-hybridized carbons (Fsp3) is 0.611. The third-order valence-corrected chi connectivity index (χ3v) is 6.10. The van der Waals surface area contributed by atoms with Crippen LogP contribution in [-0.4, -0.2) is 48.8 Å². The molecule has 0 aromatic carbocycles. The molecule has 1 aromatic heterocycles. The molecule has 1 aromatic rings. The molecule has 3 rings (SSSR count). The summed E-state index contributed by atoms with van der Waals surface area (Å²) in [5.41, 5.74) is 0. The van der Waals surface area contributed by atoms with E-state index < -0.39 is 0 Å². The van der Waals surface area contributed by atoms with E-state index in [9.17, 15) is 14.4 Å². The molecule has 1 saturated heterocycles. The largest absolute Gasteiger partial charge is 0.345 e. The maximum absolute atomic E-state index is 12.3. The Kier molecular flexibility index (Phi) is 6.07. The fourth-order valence-corrected chi connectivity index (χ4v) is 4.47. The summed E-state index contributed by atoms with van der Waals surface area (Å²) in [6.07, 6.45) is 6.19. The van der Waals surface area contributed by atoms with Gasteiger partial charge in [0.05, 0.1) is 18.0 Å². The molecule has 7 heteroatoms. The highest BCUT2D eigenvalue weighted by Crippen LogP contribution is 2.35. The van der Waals surface area contributed by atoms with Crippen molar-refractivity contribution in [2.45, 2.75) is 32.1 Å². The van der Waals surface area contributed by atoms with Crippen LogP contribution in [0, 0.1) is 11.8 Å². The van der Waals surface area contributed by atoms with Gasteiger partial charge in [0.15, 0.2) is 0 Å². The lowest BCUT2D eigenvalue weighted by atomic mass is 9.75. The van der Waals surface area contributed by atoms with Crippen LogP contribution in [0.5, 0.6) is 0 Å². The molecule has 3 amide bonds. The average Bonchev–Trinajstić information content (AvgIpc) is 3.18. The van der Waals surface area contributed by atoms with E-state index in [0.29, 0.717) is 10.8 Å². The highest BCUT2D eigenvalue weighted by molar-refractivity contribution is 7.12. The minimum Gasteiger partial charge on any atom is -0.345 e. The van der Waals surface area contributed by atoms with Gasteiger partial charge >= 0.3 is 0 Å². The molecule has 0 radical (unpaired) electrons. The van der Waals surface area contributed by atoms with Crippen LogP contribution in [-0.2, 0) is 9.59 Å². The molecule has 136 valence electrons. The van der Waals surface area contributed by atoms with Crippen LogP contribution >= 0.6 is 11.3 Å². The van der Waals surface area contributed by atoms with Crippen molar-refractivity contribution in [1.29, 1.82) is 0 Å². The smallest absolute Gasteiger partial charge is 0.261 e. The van der Waals surface area contributed by atoms with Gasteiger partial charge in [0.2, 0.25) is 11.8 Å². The molecule has 2 fully saturated rings. The first kappa shape index (κ1) is 17.9. The molecule has 1 aliphatic carbocycles. The molecule has 25 heavy (non-hydrogen) atoms. The Morgan fingerprint density at radius 3 is 2.64 bits per heavy atom. The van der Waals surface area contributed by atoms with Gasteiger partial charge < -0.3 is 15.5 Å². The SMILES string of the molecule is O=C(CNC(=O)c1cccs1)NCC(=O)N1CC[C@H]2CCCC[C@@H]2C1. The van der Waals surface area contributed by atoms with Gasteiger partial charge in [-0.15, -0.1) is 11.3 Å². The minimum atomic E-state index is -0.342. The molecule has 2 heterocycles. The first-order valence-corrected chi connectivity index (χ1v) is 9.87. The number of carbonyl (C=O) groups is 3. The number of carbonyl (C=O) groups excluding carboxylic acids is 3. The summed E-state index contributed by atoms with van der Waals surface area (Å²) >= 11 is 1.32. The van der Waals surface area contributed by atoms with Crippen molar-refractivity contribution in [3.8, 4) is 0 Å². The number of nitrogens with zero attached hydrogens (tertiary/aromatic N) is 1. The van der Waals surface area contributed by atoms with E-state index in [-0.39, 0.29) is 30.8 Å². The van der Waals surface area contributed by atoms with Crippen molar-refractivity contribution in [3.63, 3.8) is 0 Å².